The van der Waals surface area contributed by atoms with Crippen LogP contribution in [0.2, 0.25) is 0 Å². The molecule has 0 bridgehead atoms. The van der Waals surface area contributed by atoms with Crippen molar-refractivity contribution in [2.45, 2.75) is 45.4 Å². The fourth-order valence-electron chi connectivity index (χ4n) is 1.83. The van der Waals surface area contributed by atoms with Gasteiger partial charge in [-0.15, -0.1) is 0 Å². The predicted octanol–water partition coefficient (Wildman–Crippen LogP) is 0.912. The average molecular weight is 255 g/mol. The number of aliphatic hydroxyl groups excluding tert-OH is 1. The summed E-state index contributed by atoms with van der Waals surface area (Å²) in [7, 11) is 0. The molecule has 0 aromatic carbocycles. The van der Waals surface area contributed by atoms with Gasteiger partial charge in [0.15, 0.2) is 0 Å². The molecule has 18 heavy (non-hydrogen) atoms. The lowest BCUT2D eigenvalue weighted by molar-refractivity contribution is -0.0881. The van der Waals surface area contributed by atoms with E-state index >= 15 is 0 Å². The molecule has 0 amide bonds. The van der Waals surface area contributed by atoms with Gasteiger partial charge in [-0.1, -0.05) is 13.8 Å². The van der Waals surface area contributed by atoms with Crippen LogP contribution in [0.4, 0.5) is 5.82 Å². The molecular formula is C12H21N3O3. The molecule has 3 N–H and O–H groups in total. The average Bonchev–Trinajstić information content (AvgIpc) is 2.75. The lowest BCUT2D eigenvalue weighted by Gasteiger charge is -2.22. The first-order valence-corrected chi connectivity index (χ1v) is 6.17. The predicted molar refractivity (Wildman–Crippen MR) is 69.1 cm³/mol. The zero-order valence-corrected chi connectivity index (χ0v) is 11.1. The number of rotatable bonds is 2. The van der Waals surface area contributed by atoms with Gasteiger partial charge in [-0.3, -0.25) is 4.57 Å². The topological polar surface area (TPSA) is 90.4 Å². The number of nitrogen functional groups attached to an aromatic ring is 1. The zero-order valence-electron chi connectivity index (χ0n) is 11.1. The van der Waals surface area contributed by atoms with Gasteiger partial charge in [-0.25, -0.2) is 4.79 Å². The molecule has 1 aromatic heterocycles. The highest BCUT2D eigenvalue weighted by Gasteiger charge is 2.36. The molecule has 1 fully saturated rings. The van der Waals surface area contributed by atoms with E-state index in [1.165, 1.54) is 4.57 Å². The van der Waals surface area contributed by atoms with Crippen molar-refractivity contribution in [2.24, 2.45) is 0 Å². The van der Waals surface area contributed by atoms with Crippen LogP contribution in [0.3, 0.4) is 0 Å². The SMILES string of the molecule is CC.C[C@@]1(CO)CC[C@H](n2ccc(N)nc2=O)O1. The summed E-state index contributed by atoms with van der Waals surface area (Å²) in [4.78, 5) is 15.2. The maximum Gasteiger partial charge on any atom is 0.351 e. The molecule has 1 aromatic rings. The van der Waals surface area contributed by atoms with Crippen molar-refractivity contribution in [3.8, 4) is 0 Å². The second-order valence-electron chi connectivity index (χ2n) is 4.26. The van der Waals surface area contributed by atoms with Crippen molar-refractivity contribution in [3.05, 3.63) is 22.7 Å². The minimum atomic E-state index is -0.564. The molecule has 6 heteroatoms. The quantitative estimate of drug-likeness (QED) is 0.819. The van der Waals surface area contributed by atoms with Crippen LogP contribution in [0, 0.1) is 0 Å². The van der Waals surface area contributed by atoms with Crippen LogP contribution in [0.5, 0.6) is 0 Å². The first-order valence-electron chi connectivity index (χ1n) is 6.17. The summed E-state index contributed by atoms with van der Waals surface area (Å²) in [6.07, 6.45) is 2.60. The van der Waals surface area contributed by atoms with Gasteiger partial charge >= 0.3 is 5.69 Å². The minimum Gasteiger partial charge on any atom is -0.393 e. The fraction of sp³-hybridized carbons (Fsp3) is 0.667. The summed E-state index contributed by atoms with van der Waals surface area (Å²) >= 11 is 0. The van der Waals surface area contributed by atoms with Crippen molar-refractivity contribution in [1.82, 2.24) is 9.55 Å². The first-order chi connectivity index (χ1) is 8.54. The number of nitrogens with zero attached hydrogens (tertiary/aromatic N) is 2. The maximum absolute atomic E-state index is 11.6. The molecule has 0 radical (unpaired) electrons. The normalized spacial score (nSPS) is 26.6. The van der Waals surface area contributed by atoms with Crippen LogP contribution in [0.15, 0.2) is 17.1 Å². The van der Waals surface area contributed by atoms with E-state index in [0.717, 1.165) is 0 Å². The number of aromatic nitrogens is 2. The third-order valence-corrected chi connectivity index (χ3v) is 2.84. The van der Waals surface area contributed by atoms with Crippen LogP contribution < -0.4 is 11.4 Å². The Morgan fingerprint density at radius 3 is 2.83 bits per heavy atom. The Kier molecular flexibility index (Phi) is 4.86. The van der Waals surface area contributed by atoms with E-state index in [1.54, 1.807) is 12.3 Å². The maximum atomic E-state index is 11.6. The van der Waals surface area contributed by atoms with E-state index in [4.69, 9.17) is 15.6 Å². The molecule has 2 rings (SSSR count). The summed E-state index contributed by atoms with van der Waals surface area (Å²) in [6.45, 7) is 5.77. The highest BCUT2D eigenvalue weighted by atomic mass is 16.5. The van der Waals surface area contributed by atoms with Crippen molar-refractivity contribution >= 4 is 5.82 Å². The van der Waals surface area contributed by atoms with Gasteiger partial charge in [0.1, 0.15) is 12.0 Å². The van der Waals surface area contributed by atoms with E-state index in [2.05, 4.69) is 4.98 Å². The van der Waals surface area contributed by atoms with E-state index in [1.807, 2.05) is 20.8 Å². The summed E-state index contributed by atoms with van der Waals surface area (Å²) in [5.41, 5.74) is 4.41. The Morgan fingerprint density at radius 2 is 2.33 bits per heavy atom. The van der Waals surface area contributed by atoms with Crippen LogP contribution in [-0.2, 0) is 4.74 Å². The molecule has 2 atom stereocenters. The summed E-state index contributed by atoms with van der Waals surface area (Å²) in [5, 5.41) is 9.16. The standard InChI is InChI=1S/C10H15N3O3.C2H6/c1-10(6-14)4-2-8(16-10)13-5-3-7(11)12-9(13)15;1-2/h3,5,8,14H,2,4,6H2,1H3,(H2,11,12,15);1-2H3/t8-,10+;/m1./s1. The van der Waals surface area contributed by atoms with Gasteiger partial charge in [-0.2, -0.15) is 4.98 Å². The Labute approximate surface area is 106 Å². The fourth-order valence-corrected chi connectivity index (χ4v) is 1.83. The molecule has 2 heterocycles. The molecule has 6 nitrogen and oxygen atoms in total. The molecule has 0 saturated carbocycles. The van der Waals surface area contributed by atoms with Crippen molar-refractivity contribution in [2.75, 3.05) is 12.3 Å². The Hall–Kier alpha value is -1.40. The number of hydrogen-bond donors (Lipinski definition) is 2. The smallest absolute Gasteiger partial charge is 0.351 e. The molecule has 0 spiro atoms. The molecule has 1 aliphatic heterocycles. The van der Waals surface area contributed by atoms with Crippen LogP contribution >= 0.6 is 0 Å². The monoisotopic (exact) mass is 255 g/mol. The van der Waals surface area contributed by atoms with Crippen LogP contribution in [0.25, 0.3) is 0 Å². The molecule has 0 unspecified atom stereocenters. The third kappa shape index (κ3) is 3.08. The lowest BCUT2D eigenvalue weighted by atomic mass is 10.0. The Bertz CT molecular complexity index is 446. The van der Waals surface area contributed by atoms with Gasteiger partial charge in [0.05, 0.1) is 12.2 Å². The lowest BCUT2D eigenvalue weighted by Crippen LogP contribution is -2.32. The minimum absolute atomic E-state index is 0.0549. The summed E-state index contributed by atoms with van der Waals surface area (Å²) < 4.78 is 7.04. The van der Waals surface area contributed by atoms with Gasteiger partial charge in [-0.05, 0) is 25.8 Å². The highest BCUT2D eigenvalue weighted by Crippen LogP contribution is 2.34. The number of nitrogens with two attached hydrogens (primary N) is 1. The van der Waals surface area contributed by atoms with E-state index in [0.29, 0.717) is 12.8 Å². The van der Waals surface area contributed by atoms with E-state index in [-0.39, 0.29) is 18.7 Å². The van der Waals surface area contributed by atoms with Gasteiger partial charge in [0.25, 0.3) is 0 Å². The van der Waals surface area contributed by atoms with Crippen molar-refractivity contribution < 1.29 is 9.84 Å². The third-order valence-electron chi connectivity index (χ3n) is 2.84. The Morgan fingerprint density at radius 1 is 1.67 bits per heavy atom. The largest absolute Gasteiger partial charge is 0.393 e. The molecule has 1 aliphatic rings. The number of ether oxygens (including phenoxy) is 1. The van der Waals surface area contributed by atoms with Gasteiger partial charge in [0, 0.05) is 6.20 Å². The molecular weight excluding hydrogens is 234 g/mol. The van der Waals surface area contributed by atoms with Crippen molar-refractivity contribution in [3.63, 3.8) is 0 Å². The van der Waals surface area contributed by atoms with E-state index in [9.17, 15) is 4.79 Å². The van der Waals surface area contributed by atoms with Crippen LogP contribution in [-0.4, -0.2) is 26.9 Å². The molecule has 0 aliphatic carbocycles. The Balaban J connectivity index is 0.000000771. The second-order valence-corrected chi connectivity index (χ2v) is 4.26. The summed E-state index contributed by atoms with van der Waals surface area (Å²) in [6, 6.07) is 1.55. The zero-order chi connectivity index (χ0) is 13.8. The van der Waals surface area contributed by atoms with Crippen LogP contribution in [0.1, 0.15) is 39.8 Å². The van der Waals surface area contributed by atoms with Gasteiger partial charge in [0.2, 0.25) is 0 Å². The van der Waals surface area contributed by atoms with Crippen molar-refractivity contribution in [1.29, 1.82) is 0 Å². The van der Waals surface area contributed by atoms with Gasteiger partial charge < -0.3 is 15.6 Å². The molecule has 1 saturated heterocycles. The number of aliphatic hydroxyl groups is 1. The second kappa shape index (κ2) is 5.97. The highest BCUT2D eigenvalue weighted by molar-refractivity contribution is 5.23. The summed E-state index contributed by atoms with van der Waals surface area (Å²) in [5.74, 6) is 0.198. The van der Waals surface area contributed by atoms with E-state index < -0.39 is 11.3 Å². The first kappa shape index (κ1) is 14.7. The number of hydrogen-bond acceptors (Lipinski definition) is 5. The number of anilines is 1. The molecule has 102 valence electrons.